The maximum atomic E-state index is 11.7. The molecular formula is C18H25NO4. The Bertz CT molecular complexity index is 492. The summed E-state index contributed by atoms with van der Waals surface area (Å²) in [4.78, 5) is 11.7. The number of carbonyl (C=O) groups is 1. The highest BCUT2D eigenvalue weighted by atomic mass is 16.5. The van der Waals surface area contributed by atoms with Crippen molar-refractivity contribution in [1.82, 2.24) is 5.32 Å². The lowest BCUT2D eigenvalue weighted by atomic mass is 10.2. The Morgan fingerprint density at radius 1 is 1.17 bits per heavy atom. The van der Waals surface area contributed by atoms with E-state index in [1.54, 1.807) is 0 Å². The lowest BCUT2D eigenvalue weighted by Gasteiger charge is -2.12. The summed E-state index contributed by atoms with van der Waals surface area (Å²) in [7, 11) is 0. The quantitative estimate of drug-likeness (QED) is 0.759. The first kappa shape index (κ1) is 16.3. The number of hydrogen-bond acceptors (Lipinski definition) is 4. The van der Waals surface area contributed by atoms with E-state index in [0.717, 1.165) is 30.8 Å². The highest BCUT2D eigenvalue weighted by molar-refractivity contribution is 5.77. The molecule has 5 nitrogen and oxygen atoms in total. The molecular weight excluding hydrogens is 294 g/mol. The number of carbonyl (C=O) groups excluding carboxylic acids is 1. The molecule has 1 aromatic rings. The second kappa shape index (κ2) is 8.31. The van der Waals surface area contributed by atoms with Crippen molar-refractivity contribution in [1.29, 1.82) is 0 Å². The van der Waals surface area contributed by atoms with Gasteiger partial charge in [-0.25, -0.2) is 0 Å². The maximum Gasteiger partial charge on any atom is 0.246 e. The SMILES string of the molecule is O=C(COCC1CC1)NCc1ccc(OCC2CCCO2)cc1. The van der Waals surface area contributed by atoms with Gasteiger partial charge in [0.1, 0.15) is 19.0 Å². The molecule has 1 amide bonds. The fourth-order valence-electron chi connectivity index (χ4n) is 2.52. The van der Waals surface area contributed by atoms with Gasteiger partial charge < -0.3 is 19.5 Å². The van der Waals surface area contributed by atoms with E-state index >= 15 is 0 Å². The van der Waals surface area contributed by atoms with Crippen LogP contribution in [0.1, 0.15) is 31.2 Å². The van der Waals surface area contributed by atoms with Gasteiger partial charge >= 0.3 is 0 Å². The number of hydrogen-bond donors (Lipinski definition) is 1. The predicted octanol–water partition coefficient (Wildman–Crippen LogP) is 2.29. The molecule has 2 fully saturated rings. The molecule has 1 N–H and O–H groups in total. The monoisotopic (exact) mass is 319 g/mol. The van der Waals surface area contributed by atoms with Gasteiger partial charge in [-0.15, -0.1) is 0 Å². The Morgan fingerprint density at radius 3 is 2.70 bits per heavy atom. The summed E-state index contributed by atoms with van der Waals surface area (Å²) in [6, 6.07) is 7.80. The zero-order valence-corrected chi connectivity index (χ0v) is 13.5. The fourth-order valence-corrected chi connectivity index (χ4v) is 2.52. The van der Waals surface area contributed by atoms with Crippen molar-refractivity contribution in [3.8, 4) is 5.75 Å². The first-order chi connectivity index (χ1) is 11.3. The third-order valence-corrected chi connectivity index (χ3v) is 4.16. The van der Waals surface area contributed by atoms with E-state index in [1.165, 1.54) is 12.8 Å². The molecule has 5 heteroatoms. The van der Waals surface area contributed by atoms with Crippen molar-refractivity contribution in [3.63, 3.8) is 0 Å². The number of nitrogens with one attached hydrogen (secondary N) is 1. The van der Waals surface area contributed by atoms with E-state index in [-0.39, 0.29) is 18.6 Å². The van der Waals surface area contributed by atoms with Gasteiger partial charge in [-0.3, -0.25) is 4.79 Å². The minimum absolute atomic E-state index is 0.0654. The Hall–Kier alpha value is -1.59. The van der Waals surface area contributed by atoms with Crippen LogP contribution in [0.15, 0.2) is 24.3 Å². The topological polar surface area (TPSA) is 56.8 Å². The first-order valence-corrected chi connectivity index (χ1v) is 8.47. The highest BCUT2D eigenvalue weighted by Gasteiger charge is 2.21. The van der Waals surface area contributed by atoms with Crippen molar-refractivity contribution in [2.45, 2.75) is 38.3 Å². The molecule has 1 atom stereocenters. The molecule has 1 aliphatic carbocycles. The Labute approximate surface area is 137 Å². The molecule has 0 aromatic heterocycles. The van der Waals surface area contributed by atoms with Crippen LogP contribution in [0.3, 0.4) is 0 Å². The largest absolute Gasteiger partial charge is 0.491 e. The smallest absolute Gasteiger partial charge is 0.246 e. The molecule has 1 saturated carbocycles. The molecule has 0 bridgehead atoms. The number of rotatable bonds is 9. The van der Waals surface area contributed by atoms with E-state index in [4.69, 9.17) is 14.2 Å². The molecule has 1 heterocycles. The van der Waals surface area contributed by atoms with E-state index in [9.17, 15) is 4.79 Å². The molecule has 3 rings (SSSR count). The third kappa shape index (κ3) is 5.84. The van der Waals surface area contributed by atoms with Crippen LogP contribution in [0.2, 0.25) is 0 Å². The molecule has 1 saturated heterocycles. The van der Waals surface area contributed by atoms with E-state index in [2.05, 4.69) is 5.32 Å². The molecule has 1 unspecified atom stereocenters. The molecule has 126 valence electrons. The van der Waals surface area contributed by atoms with Crippen LogP contribution in [0.5, 0.6) is 5.75 Å². The van der Waals surface area contributed by atoms with Crippen LogP contribution >= 0.6 is 0 Å². The summed E-state index contributed by atoms with van der Waals surface area (Å²) in [6.07, 6.45) is 4.90. The predicted molar refractivity (Wildman–Crippen MR) is 86.3 cm³/mol. The van der Waals surface area contributed by atoms with Crippen LogP contribution in [-0.4, -0.2) is 38.4 Å². The average molecular weight is 319 g/mol. The minimum atomic E-state index is -0.0654. The standard InChI is InChI=1S/C18H25NO4/c20-18(13-21-11-15-3-4-15)19-10-14-5-7-16(8-6-14)23-12-17-2-1-9-22-17/h5-8,15,17H,1-4,9-13H2,(H,19,20). The van der Waals surface area contributed by atoms with Crippen LogP contribution in [0.25, 0.3) is 0 Å². The van der Waals surface area contributed by atoms with Gasteiger partial charge in [-0.05, 0) is 49.3 Å². The molecule has 0 radical (unpaired) electrons. The summed E-state index contributed by atoms with van der Waals surface area (Å²) in [5.74, 6) is 1.46. The van der Waals surface area contributed by atoms with Crippen molar-refractivity contribution >= 4 is 5.91 Å². The summed E-state index contributed by atoms with van der Waals surface area (Å²) in [5, 5.41) is 2.86. The van der Waals surface area contributed by atoms with Crippen LogP contribution < -0.4 is 10.1 Å². The number of benzene rings is 1. The van der Waals surface area contributed by atoms with Gasteiger partial charge in [-0.2, -0.15) is 0 Å². The van der Waals surface area contributed by atoms with Crippen molar-refractivity contribution in [2.75, 3.05) is 26.4 Å². The Kier molecular flexibility index (Phi) is 5.88. The van der Waals surface area contributed by atoms with Crippen molar-refractivity contribution < 1.29 is 19.0 Å². The van der Waals surface area contributed by atoms with Gasteiger partial charge in [-0.1, -0.05) is 12.1 Å². The summed E-state index contributed by atoms with van der Waals surface area (Å²) < 4.78 is 16.6. The van der Waals surface area contributed by atoms with Gasteiger partial charge in [0, 0.05) is 13.2 Å². The van der Waals surface area contributed by atoms with Crippen molar-refractivity contribution in [2.24, 2.45) is 5.92 Å². The summed E-state index contributed by atoms with van der Waals surface area (Å²) >= 11 is 0. The summed E-state index contributed by atoms with van der Waals surface area (Å²) in [6.45, 7) is 2.83. The maximum absolute atomic E-state index is 11.7. The van der Waals surface area contributed by atoms with Crippen LogP contribution in [0.4, 0.5) is 0 Å². The second-order valence-corrected chi connectivity index (χ2v) is 6.33. The molecule has 0 spiro atoms. The molecule has 2 aliphatic rings. The number of amides is 1. The first-order valence-electron chi connectivity index (χ1n) is 8.47. The molecule has 23 heavy (non-hydrogen) atoms. The van der Waals surface area contributed by atoms with E-state index < -0.39 is 0 Å². The molecule has 1 aromatic carbocycles. The lowest BCUT2D eigenvalue weighted by molar-refractivity contribution is -0.126. The van der Waals surface area contributed by atoms with Crippen LogP contribution in [0, 0.1) is 5.92 Å². The highest BCUT2D eigenvalue weighted by Crippen LogP contribution is 2.28. The van der Waals surface area contributed by atoms with Gasteiger partial charge in [0.25, 0.3) is 0 Å². The molecule has 1 aliphatic heterocycles. The van der Waals surface area contributed by atoms with Gasteiger partial charge in [0.15, 0.2) is 0 Å². The lowest BCUT2D eigenvalue weighted by Crippen LogP contribution is -2.27. The van der Waals surface area contributed by atoms with Gasteiger partial charge in [0.05, 0.1) is 12.7 Å². The Morgan fingerprint density at radius 2 is 2.00 bits per heavy atom. The van der Waals surface area contributed by atoms with E-state index in [1.807, 2.05) is 24.3 Å². The van der Waals surface area contributed by atoms with E-state index in [0.29, 0.717) is 25.7 Å². The zero-order chi connectivity index (χ0) is 15.9. The summed E-state index contributed by atoms with van der Waals surface area (Å²) in [5.41, 5.74) is 1.05. The third-order valence-electron chi connectivity index (χ3n) is 4.16. The average Bonchev–Trinajstić information content (AvgIpc) is 3.24. The fraction of sp³-hybridized carbons (Fsp3) is 0.611. The Balaban J connectivity index is 1.32. The second-order valence-electron chi connectivity index (χ2n) is 6.33. The van der Waals surface area contributed by atoms with Gasteiger partial charge in [0.2, 0.25) is 5.91 Å². The zero-order valence-electron chi connectivity index (χ0n) is 13.5. The van der Waals surface area contributed by atoms with Crippen molar-refractivity contribution in [3.05, 3.63) is 29.8 Å². The minimum Gasteiger partial charge on any atom is -0.491 e. The van der Waals surface area contributed by atoms with Crippen LogP contribution in [-0.2, 0) is 20.8 Å². The number of ether oxygens (including phenoxy) is 3. The normalized spacial score (nSPS) is 20.4.